The van der Waals surface area contributed by atoms with Crippen LogP contribution < -0.4 is 10.5 Å². The number of rotatable bonds is 7. The quantitative estimate of drug-likeness (QED) is 0.751. The van der Waals surface area contributed by atoms with Gasteiger partial charge in [0, 0.05) is 6.54 Å². The van der Waals surface area contributed by atoms with Crippen molar-refractivity contribution in [2.45, 2.75) is 37.1 Å². The lowest BCUT2D eigenvalue weighted by Crippen LogP contribution is -2.41. The lowest BCUT2D eigenvalue weighted by Gasteiger charge is -2.17. The molecule has 9 heteroatoms. The second-order valence-corrected chi connectivity index (χ2v) is 6.12. The van der Waals surface area contributed by atoms with Crippen LogP contribution in [0.2, 0.25) is 0 Å². The number of hydrogen-bond acceptors (Lipinski definition) is 3. The minimum Gasteiger partial charge on any atom is -0.326 e. The zero-order chi connectivity index (χ0) is 16.3. The fraction of sp³-hybridized carbons (Fsp3) is 0.500. The molecule has 120 valence electrons. The van der Waals surface area contributed by atoms with Crippen LogP contribution in [0.25, 0.3) is 0 Å². The van der Waals surface area contributed by atoms with Crippen LogP contribution in [0.5, 0.6) is 0 Å². The van der Waals surface area contributed by atoms with Crippen molar-refractivity contribution in [1.29, 1.82) is 0 Å². The van der Waals surface area contributed by atoms with Crippen LogP contribution in [-0.2, 0) is 23.0 Å². The molecule has 21 heavy (non-hydrogen) atoms. The van der Waals surface area contributed by atoms with E-state index in [1.807, 2.05) is 0 Å². The number of alkyl halides is 4. The lowest BCUT2D eigenvalue weighted by atomic mass is 10.1. The van der Waals surface area contributed by atoms with Gasteiger partial charge in [-0.25, -0.2) is 21.9 Å². The molecular formula is C12H16F4N2O2S. The van der Waals surface area contributed by atoms with Gasteiger partial charge in [-0.15, -0.1) is 0 Å². The summed E-state index contributed by atoms with van der Waals surface area (Å²) < 4.78 is 75.3. The van der Waals surface area contributed by atoms with Gasteiger partial charge in [0.15, 0.2) is 0 Å². The van der Waals surface area contributed by atoms with Crippen molar-refractivity contribution >= 4 is 10.0 Å². The van der Waals surface area contributed by atoms with E-state index in [0.29, 0.717) is 17.5 Å². The molecule has 3 N–H and O–H groups in total. The van der Waals surface area contributed by atoms with Crippen LogP contribution >= 0.6 is 0 Å². The lowest BCUT2D eigenvalue weighted by molar-refractivity contribution is -0.122. The molecule has 1 aromatic carbocycles. The molecule has 0 bridgehead atoms. The summed E-state index contributed by atoms with van der Waals surface area (Å²) in [6.45, 7) is 0.0902. The third kappa shape index (κ3) is 4.39. The van der Waals surface area contributed by atoms with Gasteiger partial charge in [-0.2, -0.15) is 8.78 Å². The number of aryl methyl sites for hydroxylation is 1. The Morgan fingerprint density at radius 1 is 1.33 bits per heavy atom. The topological polar surface area (TPSA) is 72.2 Å². The minimum atomic E-state index is -4.43. The zero-order valence-electron chi connectivity index (χ0n) is 11.2. The summed E-state index contributed by atoms with van der Waals surface area (Å²) in [6, 6.07) is 4.38. The van der Waals surface area contributed by atoms with E-state index in [-0.39, 0.29) is 11.4 Å². The molecule has 0 saturated heterocycles. The molecule has 1 aromatic rings. The molecule has 0 amide bonds. The molecule has 1 rings (SSSR count). The molecule has 0 aliphatic rings. The van der Waals surface area contributed by atoms with Gasteiger partial charge in [-0.05, 0) is 23.6 Å². The van der Waals surface area contributed by atoms with E-state index in [9.17, 15) is 26.0 Å². The van der Waals surface area contributed by atoms with E-state index in [1.165, 1.54) is 16.9 Å². The van der Waals surface area contributed by atoms with Crippen molar-refractivity contribution in [3.63, 3.8) is 0 Å². The maximum absolute atomic E-state index is 12.8. The van der Waals surface area contributed by atoms with Crippen molar-refractivity contribution in [2.24, 2.45) is 5.73 Å². The Morgan fingerprint density at radius 2 is 1.95 bits per heavy atom. The monoisotopic (exact) mass is 328 g/mol. The molecule has 0 aliphatic heterocycles. The summed E-state index contributed by atoms with van der Waals surface area (Å²) in [5.41, 5.74) is 6.28. The van der Waals surface area contributed by atoms with Crippen molar-refractivity contribution in [3.05, 3.63) is 29.3 Å². The third-order valence-corrected chi connectivity index (χ3v) is 4.34. The molecular weight excluding hydrogens is 312 g/mol. The number of nitrogens with two attached hydrogens (primary N) is 1. The first-order chi connectivity index (χ1) is 9.64. The van der Waals surface area contributed by atoms with Crippen LogP contribution in [0.4, 0.5) is 17.6 Å². The molecule has 0 unspecified atom stereocenters. The van der Waals surface area contributed by atoms with Crippen LogP contribution in [0.15, 0.2) is 23.1 Å². The maximum Gasteiger partial charge on any atom is 0.320 e. The Bertz CT molecular complexity index is 591. The fourth-order valence-electron chi connectivity index (χ4n) is 1.61. The largest absolute Gasteiger partial charge is 0.326 e. The Kier molecular flexibility index (Phi) is 5.71. The summed E-state index contributed by atoms with van der Waals surface area (Å²) in [6.07, 6.45) is -3.60. The van der Waals surface area contributed by atoms with Gasteiger partial charge in [0.25, 0.3) is 0 Å². The van der Waals surface area contributed by atoms with E-state index in [1.54, 1.807) is 13.0 Å². The van der Waals surface area contributed by atoms with E-state index in [4.69, 9.17) is 5.73 Å². The predicted molar refractivity (Wildman–Crippen MR) is 69.9 cm³/mol. The molecule has 0 heterocycles. The standard InChI is InChI=1S/C12H16F4N2O2S/c1-2-9-4-3-8(6-17)5-10(9)21(19,20)18-7-12(15,16)11(13)14/h3-5,11,18H,2,6-7,17H2,1H3. The first kappa shape index (κ1) is 17.9. The van der Waals surface area contributed by atoms with Gasteiger partial charge in [0.05, 0.1) is 11.4 Å². The minimum absolute atomic E-state index is 0.0692. The van der Waals surface area contributed by atoms with Gasteiger partial charge < -0.3 is 5.73 Å². The predicted octanol–water partition coefficient (Wildman–Crippen LogP) is 1.89. The van der Waals surface area contributed by atoms with Gasteiger partial charge in [0.1, 0.15) is 0 Å². The molecule has 0 spiro atoms. The average molecular weight is 328 g/mol. The molecule has 0 radical (unpaired) electrons. The van der Waals surface area contributed by atoms with E-state index in [2.05, 4.69) is 0 Å². The average Bonchev–Trinajstić information content (AvgIpc) is 2.44. The van der Waals surface area contributed by atoms with Gasteiger partial charge in [0.2, 0.25) is 10.0 Å². The second kappa shape index (κ2) is 6.71. The van der Waals surface area contributed by atoms with Crippen LogP contribution in [-0.4, -0.2) is 27.3 Å². The van der Waals surface area contributed by atoms with E-state index in [0.717, 1.165) is 0 Å². The van der Waals surface area contributed by atoms with Crippen LogP contribution in [0.1, 0.15) is 18.1 Å². The zero-order valence-corrected chi connectivity index (χ0v) is 12.1. The summed E-state index contributed by atoms with van der Waals surface area (Å²) in [5, 5.41) is 0. The maximum atomic E-state index is 12.8. The Morgan fingerprint density at radius 3 is 2.43 bits per heavy atom. The first-order valence-corrected chi connectivity index (χ1v) is 7.60. The van der Waals surface area contributed by atoms with E-state index >= 15 is 0 Å². The molecule has 0 aliphatic carbocycles. The smallest absolute Gasteiger partial charge is 0.320 e. The number of sulfonamides is 1. The second-order valence-electron chi connectivity index (χ2n) is 4.39. The third-order valence-electron chi connectivity index (χ3n) is 2.85. The Balaban J connectivity index is 3.08. The van der Waals surface area contributed by atoms with Crippen molar-refractivity contribution in [3.8, 4) is 0 Å². The highest BCUT2D eigenvalue weighted by molar-refractivity contribution is 7.89. The van der Waals surface area contributed by atoms with Crippen molar-refractivity contribution < 1.29 is 26.0 Å². The molecule has 0 fully saturated rings. The molecule has 0 atom stereocenters. The number of benzene rings is 1. The summed E-state index contributed by atoms with van der Waals surface area (Å²) in [4.78, 5) is -0.224. The fourth-order valence-corrected chi connectivity index (χ4v) is 3.02. The number of hydrogen-bond donors (Lipinski definition) is 2. The molecule has 0 aromatic heterocycles. The highest BCUT2D eigenvalue weighted by atomic mass is 32.2. The van der Waals surface area contributed by atoms with Crippen molar-refractivity contribution in [1.82, 2.24) is 4.72 Å². The summed E-state index contributed by atoms with van der Waals surface area (Å²) >= 11 is 0. The van der Waals surface area contributed by atoms with Crippen LogP contribution in [0.3, 0.4) is 0 Å². The number of nitrogens with one attached hydrogen (secondary N) is 1. The van der Waals surface area contributed by atoms with E-state index < -0.39 is 28.9 Å². The van der Waals surface area contributed by atoms with Gasteiger partial charge in [-0.3, -0.25) is 0 Å². The summed E-state index contributed by atoms with van der Waals surface area (Å²) in [7, 11) is -4.32. The Labute approximate surface area is 120 Å². The summed E-state index contributed by atoms with van der Waals surface area (Å²) in [5.74, 6) is -4.43. The highest BCUT2D eigenvalue weighted by Crippen LogP contribution is 2.23. The number of halogens is 4. The van der Waals surface area contributed by atoms with Gasteiger partial charge >= 0.3 is 12.3 Å². The first-order valence-electron chi connectivity index (χ1n) is 6.11. The van der Waals surface area contributed by atoms with Crippen LogP contribution in [0, 0.1) is 0 Å². The van der Waals surface area contributed by atoms with Crippen molar-refractivity contribution in [2.75, 3.05) is 6.54 Å². The highest BCUT2D eigenvalue weighted by Gasteiger charge is 2.41. The molecule has 0 saturated carbocycles. The SMILES string of the molecule is CCc1ccc(CN)cc1S(=O)(=O)NCC(F)(F)C(F)F. The molecule has 4 nitrogen and oxygen atoms in total. The van der Waals surface area contributed by atoms with Gasteiger partial charge in [-0.1, -0.05) is 19.1 Å². The Hall–Kier alpha value is -1.19. The normalized spacial score (nSPS) is 12.9.